The summed E-state index contributed by atoms with van der Waals surface area (Å²) >= 11 is 0. The molecule has 0 N–H and O–H groups in total. The predicted molar refractivity (Wildman–Crippen MR) is 110 cm³/mol. The first-order valence-electron chi connectivity index (χ1n) is 10.3. The van der Waals surface area contributed by atoms with E-state index in [1.165, 1.54) is 5.56 Å². The summed E-state index contributed by atoms with van der Waals surface area (Å²) in [7, 11) is 0. The first kappa shape index (κ1) is 19.1. The van der Waals surface area contributed by atoms with Crippen molar-refractivity contribution in [1.82, 2.24) is 14.8 Å². The number of aromatic nitrogens is 1. The van der Waals surface area contributed by atoms with Crippen molar-refractivity contribution >= 4 is 5.91 Å². The van der Waals surface area contributed by atoms with Crippen molar-refractivity contribution in [3.8, 4) is 11.3 Å². The van der Waals surface area contributed by atoms with Crippen LogP contribution in [-0.4, -0.2) is 66.6 Å². The minimum absolute atomic E-state index is 0.237. The predicted octanol–water partition coefficient (Wildman–Crippen LogP) is 3.10. The van der Waals surface area contributed by atoms with Crippen LogP contribution < -0.4 is 0 Å². The number of hydrogen-bond donors (Lipinski definition) is 0. The number of likely N-dealkylation sites (tertiary alicyclic amines) is 1. The Morgan fingerprint density at radius 1 is 1.14 bits per heavy atom. The minimum atomic E-state index is 0.237. The number of pyridine rings is 1. The van der Waals surface area contributed by atoms with Crippen molar-refractivity contribution in [3.05, 3.63) is 53.7 Å². The van der Waals surface area contributed by atoms with Crippen LogP contribution in [0.15, 0.2) is 42.5 Å². The largest absolute Gasteiger partial charge is 0.379 e. The first-order chi connectivity index (χ1) is 13.7. The molecule has 0 spiro atoms. The van der Waals surface area contributed by atoms with Crippen LogP contribution in [0.4, 0.5) is 0 Å². The van der Waals surface area contributed by atoms with Gasteiger partial charge in [0.15, 0.2) is 0 Å². The Labute approximate surface area is 167 Å². The lowest BCUT2D eigenvalue weighted by molar-refractivity contribution is -0.134. The highest BCUT2D eigenvalue weighted by Gasteiger charge is 2.27. The van der Waals surface area contributed by atoms with Gasteiger partial charge in [-0.2, -0.15) is 0 Å². The lowest BCUT2D eigenvalue weighted by Crippen LogP contribution is -2.47. The molecule has 2 aliphatic heterocycles. The summed E-state index contributed by atoms with van der Waals surface area (Å²) in [5.74, 6) is 0.550. The molecule has 5 nitrogen and oxygen atoms in total. The number of morpholine rings is 1. The zero-order chi connectivity index (χ0) is 19.3. The molecule has 0 aliphatic carbocycles. The number of aryl methyl sites for hydroxylation is 1. The van der Waals surface area contributed by atoms with Crippen molar-refractivity contribution in [1.29, 1.82) is 0 Å². The van der Waals surface area contributed by atoms with Crippen molar-refractivity contribution in [2.75, 3.05) is 45.9 Å². The summed E-state index contributed by atoms with van der Waals surface area (Å²) in [5.41, 5.74) is 4.50. The van der Waals surface area contributed by atoms with Gasteiger partial charge >= 0.3 is 0 Å². The third-order valence-electron chi connectivity index (χ3n) is 5.74. The van der Waals surface area contributed by atoms with E-state index >= 15 is 0 Å². The van der Waals surface area contributed by atoms with E-state index in [2.05, 4.69) is 54.3 Å². The summed E-state index contributed by atoms with van der Waals surface area (Å²) in [6.45, 7) is 7.40. The van der Waals surface area contributed by atoms with Gasteiger partial charge in [0.05, 0.1) is 25.5 Å². The molecule has 1 aromatic heterocycles. The SMILES string of the molecule is Cc1cccc(-c2cccc([C@@H]3CCCN(C(=O)CN4CCOCC4)C3)n2)c1. The summed E-state index contributed by atoms with van der Waals surface area (Å²) in [6, 6.07) is 14.7. The standard InChI is InChI=1S/C23H29N3O2/c1-18-5-2-6-19(15-18)21-8-3-9-22(24-21)20-7-4-10-26(16-20)23(27)17-25-11-13-28-14-12-25/h2-3,5-6,8-9,15,20H,4,7,10-14,16-17H2,1H3/t20-/m1/s1. The van der Waals surface area contributed by atoms with Gasteiger partial charge in [-0.1, -0.05) is 29.8 Å². The zero-order valence-electron chi connectivity index (χ0n) is 16.6. The molecule has 0 bridgehead atoms. The van der Waals surface area contributed by atoms with Gasteiger partial charge in [0, 0.05) is 43.4 Å². The average Bonchev–Trinajstić information content (AvgIpc) is 2.75. The second kappa shape index (κ2) is 8.84. The van der Waals surface area contributed by atoms with Crippen LogP contribution in [0.5, 0.6) is 0 Å². The van der Waals surface area contributed by atoms with E-state index < -0.39 is 0 Å². The molecule has 3 heterocycles. The molecule has 0 unspecified atom stereocenters. The highest BCUT2D eigenvalue weighted by molar-refractivity contribution is 5.78. The number of ether oxygens (including phenoxy) is 1. The van der Waals surface area contributed by atoms with Crippen LogP contribution in [0.25, 0.3) is 11.3 Å². The number of carbonyl (C=O) groups is 1. The molecule has 0 saturated carbocycles. The fourth-order valence-electron chi connectivity index (χ4n) is 4.14. The lowest BCUT2D eigenvalue weighted by atomic mass is 9.93. The number of carbonyl (C=O) groups excluding carboxylic acids is 1. The highest BCUT2D eigenvalue weighted by Crippen LogP contribution is 2.28. The topological polar surface area (TPSA) is 45.7 Å². The van der Waals surface area contributed by atoms with Crippen LogP contribution in [0.3, 0.4) is 0 Å². The molecule has 2 saturated heterocycles. The van der Waals surface area contributed by atoms with E-state index in [0.717, 1.165) is 69.2 Å². The Balaban J connectivity index is 1.44. The van der Waals surface area contributed by atoms with Gasteiger partial charge in [0.25, 0.3) is 0 Å². The van der Waals surface area contributed by atoms with Gasteiger partial charge < -0.3 is 9.64 Å². The van der Waals surface area contributed by atoms with Gasteiger partial charge in [0.1, 0.15) is 0 Å². The molecule has 0 radical (unpaired) electrons. The molecule has 1 aromatic carbocycles. The maximum Gasteiger partial charge on any atom is 0.236 e. The number of benzene rings is 1. The molecule has 4 rings (SSSR count). The second-order valence-electron chi connectivity index (χ2n) is 7.88. The Bertz CT molecular complexity index is 817. The van der Waals surface area contributed by atoms with E-state index in [1.807, 2.05) is 4.90 Å². The number of amides is 1. The van der Waals surface area contributed by atoms with Crippen LogP contribution in [0.1, 0.15) is 30.0 Å². The summed E-state index contributed by atoms with van der Waals surface area (Å²) < 4.78 is 5.38. The minimum Gasteiger partial charge on any atom is -0.379 e. The van der Waals surface area contributed by atoms with Crippen molar-refractivity contribution in [3.63, 3.8) is 0 Å². The van der Waals surface area contributed by atoms with Gasteiger partial charge in [0.2, 0.25) is 5.91 Å². The van der Waals surface area contributed by atoms with Gasteiger partial charge in [-0.05, 0) is 38.0 Å². The number of piperidine rings is 1. The monoisotopic (exact) mass is 379 g/mol. The van der Waals surface area contributed by atoms with Crippen molar-refractivity contribution in [2.24, 2.45) is 0 Å². The van der Waals surface area contributed by atoms with E-state index in [1.54, 1.807) is 0 Å². The summed E-state index contributed by atoms with van der Waals surface area (Å²) in [5, 5.41) is 0. The molecular weight excluding hydrogens is 350 g/mol. The Hall–Kier alpha value is -2.24. The van der Waals surface area contributed by atoms with Crippen LogP contribution in [0, 0.1) is 6.92 Å². The van der Waals surface area contributed by atoms with Crippen LogP contribution >= 0.6 is 0 Å². The van der Waals surface area contributed by atoms with Gasteiger partial charge in [-0.15, -0.1) is 0 Å². The molecule has 28 heavy (non-hydrogen) atoms. The normalized spacial score (nSPS) is 20.9. The molecule has 2 aromatic rings. The number of rotatable bonds is 4. The zero-order valence-corrected chi connectivity index (χ0v) is 16.6. The maximum atomic E-state index is 12.8. The van der Waals surface area contributed by atoms with Gasteiger partial charge in [-0.3, -0.25) is 14.7 Å². The van der Waals surface area contributed by atoms with E-state index in [0.29, 0.717) is 12.5 Å². The molecule has 2 aliphatic rings. The van der Waals surface area contributed by atoms with Crippen molar-refractivity contribution in [2.45, 2.75) is 25.7 Å². The quantitative estimate of drug-likeness (QED) is 0.819. The maximum absolute atomic E-state index is 12.8. The van der Waals surface area contributed by atoms with Crippen molar-refractivity contribution < 1.29 is 9.53 Å². The molecule has 1 amide bonds. The Morgan fingerprint density at radius 2 is 1.96 bits per heavy atom. The molecular formula is C23H29N3O2. The fourth-order valence-corrected chi connectivity index (χ4v) is 4.14. The highest BCUT2D eigenvalue weighted by atomic mass is 16.5. The number of nitrogens with zero attached hydrogens (tertiary/aromatic N) is 3. The molecule has 148 valence electrons. The fraction of sp³-hybridized carbons (Fsp3) is 0.478. The molecule has 5 heteroatoms. The Kier molecular flexibility index (Phi) is 6.03. The molecule has 1 atom stereocenters. The van der Waals surface area contributed by atoms with E-state index in [9.17, 15) is 4.79 Å². The lowest BCUT2D eigenvalue weighted by Gasteiger charge is -2.35. The van der Waals surface area contributed by atoms with Crippen LogP contribution in [-0.2, 0) is 9.53 Å². The second-order valence-corrected chi connectivity index (χ2v) is 7.88. The average molecular weight is 380 g/mol. The molecule has 2 fully saturated rings. The third-order valence-corrected chi connectivity index (χ3v) is 5.74. The summed E-state index contributed by atoms with van der Waals surface area (Å²) in [4.78, 5) is 22.0. The summed E-state index contributed by atoms with van der Waals surface area (Å²) in [6.07, 6.45) is 2.13. The van der Waals surface area contributed by atoms with Crippen LogP contribution in [0.2, 0.25) is 0 Å². The first-order valence-corrected chi connectivity index (χ1v) is 10.3. The van der Waals surface area contributed by atoms with Gasteiger partial charge in [-0.25, -0.2) is 0 Å². The Morgan fingerprint density at radius 3 is 2.79 bits per heavy atom. The van der Waals surface area contributed by atoms with E-state index in [-0.39, 0.29) is 5.91 Å². The third kappa shape index (κ3) is 4.59. The van der Waals surface area contributed by atoms with E-state index in [4.69, 9.17) is 9.72 Å². The number of hydrogen-bond acceptors (Lipinski definition) is 4. The smallest absolute Gasteiger partial charge is 0.236 e.